The van der Waals surface area contributed by atoms with Crippen LogP contribution in [-0.2, 0) is 34.0 Å². The summed E-state index contributed by atoms with van der Waals surface area (Å²) >= 11 is 0. The number of aliphatic imine (C=N–C) groups is 1. The van der Waals surface area contributed by atoms with Gasteiger partial charge in [0.05, 0.1) is 4.90 Å². The number of carbonyl (C=O) groups is 5. The summed E-state index contributed by atoms with van der Waals surface area (Å²) in [5.41, 5.74) is 27.3. The van der Waals surface area contributed by atoms with Crippen molar-refractivity contribution in [3.8, 4) is 0 Å². The number of benzene rings is 2. The van der Waals surface area contributed by atoms with E-state index in [1.165, 1.54) is 6.07 Å². The van der Waals surface area contributed by atoms with E-state index in [1.807, 2.05) is 25.1 Å². The van der Waals surface area contributed by atoms with Crippen LogP contribution in [0.25, 0.3) is 10.8 Å². The highest BCUT2D eigenvalue weighted by molar-refractivity contribution is 7.89. The summed E-state index contributed by atoms with van der Waals surface area (Å²) in [7, 11) is -0.784. The van der Waals surface area contributed by atoms with Gasteiger partial charge in [-0.1, -0.05) is 24.3 Å². The van der Waals surface area contributed by atoms with Crippen LogP contribution in [0.15, 0.2) is 46.3 Å². The zero-order chi connectivity index (χ0) is 34.6. The number of nitrogens with zero attached hydrogens (tertiary/aromatic N) is 2. The molecule has 18 heteroatoms. The third-order valence-electron chi connectivity index (χ3n) is 6.84. The van der Waals surface area contributed by atoms with E-state index in [0.717, 1.165) is 5.69 Å². The highest BCUT2D eigenvalue weighted by Crippen LogP contribution is 2.30. The minimum atomic E-state index is -4.40. The molecule has 2 rings (SSSR count). The molecule has 2 aromatic carbocycles. The lowest BCUT2D eigenvalue weighted by molar-refractivity contribution is -0.132. The molecule has 0 aliphatic heterocycles. The Kier molecular flexibility index (Phi) is 13.7. The first-order chi connectivity index (χ1) is 21.5. The Morgan fingerprint density at radius 1 is 0.761 bits per heavy atom. The summed E-state index contributed by atoms with van der Waals surface area (Å²) in [6.45, 7) is 0.151. The normalized spacial score (nSPS) is 13.2. The maximum atomic E-state index is 13.7. The van der Waals surface area contributed by atoms with Crippen LogP contribution < -0.4 is 48.9 Å². The fraction of sp³-hybridized carbons (Fsp3) is 0.429. The predicted molar refractivity (Wildman–Crippen MR) is 172 cm³/mol. The minimum Gasteiger partial charge on any atom is -0.377 e. The first-order valence-electron chi connectivity index (χ1n) is 14.3. The topological polar surface area (TPSA) is 301 Å². The molecule has 0 saturated carbocycles. The molecule has 5 amide bonds. The first kappa shape index (κ1) is 37.2. The van der Waals surface area contributed by atoms with Crippen molar-refractivity contribution in [1.29, 1.82) is 0 Å². The maximum Gasteiger partial charge on any atom is 0.243 e. The molecule has 0 radical (unpaired) electrons. The molecular formula is C28H42N10O7S. The Morgan fingerprint density at radius 3 is 1.87 bits per heavy atom. The minimum absolute atomic E-state index is 0.0515. The molecule has 252 valence electrons. The number of guanidine groups is 1. The van der Waals surface area contributed by atoms with Gasteiger partial charge in [-0.05, 0) is 37.8 Å². The summed E-state index contributed by atoms with van der Waals surface area (Å²) in [6, 6.07) is 5.61. The number of primary amides is 3. The van der Waals surface area contributed by atoms with Crippen molar-refractivity contribution in [3.63, 3.8) is 0 Å². The Morgan fingerprint density at radius 2 is 1.30 bits per heavy atom. The summed E-state index contributed by atoms with van der Waals surface area (Å²) < 4.78 is 29.7. The number of fused-ring (bicyclic) bond motifs is 1. The zero-order valence-corrected chi connectivity index (χ0v) is 26.5. The summed E-state index contributed by atoms with van der Waals surface area (Å²) in [5, 5.41) is 5.85. The van der Waals surface area contributed by atoms with Crippen molar-refractivity contribution < 1.29 is 32.4 Å². The molecule has 0 aliphatic rings. The van der Waals surface area contributed by atoms with Crippen molar-refractivity contribution in [2.75, 3.05) is 25.5 Å². The molecule has 0 fully saturated rings. The summed E-state index contributed by atoms with van der Waals surface area (Å²) in [4.78, 5) is 67.3. The Balaban J connectivity index is 2.37. The second kappa shape index (κ2) is 16.9. The van der Waals surface area contributed by atoms with Crippen LogP contribution >= 0.6 is 0 Å². The average Bonchev–Trinajstić information content (AvgIpc) is 2.97. The largest absolute Gasteiger partial charge is 0.377 e. The van der Waals surface area contributed by atoms with Crippen LogP contribution in [0.1, 0.15) is 38.5 Å². The monoisotopic (exact) mass is 662 g/mol. The van der Waals surface area contributed by atoms with E-state index in [2.05, 4.69) is 20.3 Å². The molecule has 3 atom stereocenters. The molecule has 2 aromatic rings. The Hall–Kier alpha value is -4.97. The Bertz CT molecular complexity index is 1580. The van der Waals surface area contributed by atoms with Gasteiger partial charge >= 0.3 is 0 Å². The van der Waals surface area contributed by atoms with Crippen LogP contribution in [-0.4, -0.2) is 82.7 Å². The fourth-order valence-corrected chi connectivity index (χ4v) is 6.01. The lowest BCUT2D eigenvalue weighted by Crippen LogP contribution is -2.56. The smallest absolute Gasteiger partial charge is 0.243 e. The summed E-state index contributed by atoms with van der Waals surface area (Å²) in [6.07, 6.45) is -1.04. The highest BCUT2D eigenvalue weighted by Gasteiger charge is 2.32. The molecule has 0 unspecified atom stereocenters. The molecule has 13 N–H and O–H groups in total. The van der Waals surface area contributed by atoms with Crippen molar-refractivity contribution in [1.82, 2.24) is 15.4 Å². The summed E-state index contributed by atoms with van der Waals surface area (Å²) in [5.74, 6) is -4.50. The second-order valence-corrected chi connectivity index (χ2v) is 12.4. The number of hydrogen-bond donors (Lipinski definition) is 8. The molecule has 0 heterocycles. The quantitative estimate of drug-likeness (QED) is 0.0448. The van der Waals surface area contributed by atoms with E-state index in [0.29, 0.717) is 10.8 Å². The van der Waals surface area contributed by atoms with Crippen LogP contribution in [0.4, 0.5) is 5.69 Å². The van der Waals surface area contributed by atoms with Gasteiger partial charge in [-0.25, -0.2) is 8.42 Å². The molecular weight excluding hydrogens is 620 g/mol. The number of carbonyl (C=O) groups excluding carboxylic acids is 5. The number of anilines is 1. The van der Waals surface area contributed by atoms with Crippen molar-refractivity contribution >= 4 is 62.0 Å². The maximum absolute atomic E-state index is 13.7. The first-order valence-corrected chi connectivity index (χ1v) is 15.7. The van der Waals surface area contributed by atoms with Crippen LogP contribution in [0.2, 0.25) is 0 Å². The lowest BCUT2D eigenvalue weighted by Gasteiger charge is -2.25. The van der Waals surface area contributed by atoms with Crippen LogP contribution in [0.3, 0.4) is 0 Å². The lowest BCUT2D eigenvalue weighted by atomic mass is 10.1. The predicted octanol–water partition coefficient (Wildman–Crippen LogP) is -2.41. The van der Waals surface area contributed by atoms with Gasteiger partial charge in [0, 0.05) is 49.9 Å². The van der Waals surface area contributed by atoms with Crippen molar-refractivity contribution in [2.24, 2.45) is 33.7 Å². The SMILES string of the molecule is CN(C)c1cccc2c(S(=O)(=O)N[C@@H](CCC(N)=O)C(=O)N[C@@H](CCC(N)=O)C(=O)N[C@@H](CCCN=C(N)N)C(N)=O)cccc12. The standard InChI is InChI=1S/C28H42N10O7S/c1-38(2)21-9-3-7-17-16(21)6-4-10-22(17)46(44,45)37-20(12-14-24(30)40)27(43)36-19(11-13-23(29)39)26(42)35-18(25(31)41)8-5-15-34-28(32)33/h3-4,6-7,9-10,18-20,37H,5,8,11-15H2,1-2H3,(H2,29,39)(H2,30,40)(H2,31,41)(H,35,42)(H,36,43)(H4,32,33,34)/t18-,19-,20-/m0/s1. The fourth-order valence-electron chi connectivity index (χ4n) is 4.56. The van der Waals surface area contributed by atoms with Gasteiger partial charge in [-0.3, -0.25) is 29.0 Å². The highest BCUT2D eigenvalue weighted by atomic mass is 32.2. The number of hydrogen-bond acceptors (Lipinski definition) is 9. The van der Waals surface area contributed by atoms with E-state index in [1.54, 1.807) is 24.3 Å². The van der Waals surface area contributed by atoms with Gasteiger partial charge < -0.3 is 44.2 Å². The molecule has 17 nitrogen and oxygen atoms in total. The third-order valence-corrected chi connectivity index (χ3v) is 8.37. The van der Waals surface area contributed by atoms with Crippen molar-refractivity contribution in [2.45, 2.75) is 61.5 Å². The van der Waals surface area contributed by atoms with Gasteiger partial charge in [0.1, 0.15) is 18.1 Å². The van der Waals surface area contributed by atoms with E-state index in [4.69, 9.17) is 28.7 Å². The van der Waals surface area contributed by atoms with Crippen LogP contribution in [0, 0.1) is 0 Å². The van der Waals surface area contributed by atoms with Gasteiger partial charge in [-0.15, -0.1) is 0 Å². The third kappa shape index (κ3) is 11.2. The number of amides is 5. The molecule has 0 saturated heterocycles. The van der Waals surface area contributed by atoms with Crippen LogP contribution in [0.5, 0.6) is 0 Å². The zero-order valence-electron chi connectivity index (χ0n) is 25.7. The van der Waals surface area contributed by atoms with E-state index in [-0.39, 0.29) is 55.9 Å². The average molecular weight is 663 g/mol. The molecule has 46 heavy (non-hydrogen) atoms. The van der Waals surface area contributed by atoms with Gasteiger partial charge in [-0.2, -0.15) is 4.72 Å². The van der Waals surface area contributed by atoms with Gasteiger partial charge in [0.2, 0.25) is 39.6 Å². The van der Waals surface area contributed by atoms with Crippen molar-refractivity contribution in [3.05, 3.63) is 36.4 Å². The second-order valence-electron chi connectivity index (χ2n) is 10.7. The molecule has 0 aliphatic carbocycles. The molecule has 0 aromatic heterocycles. The molecule has 0 bridgehead atoms. The Labute approximate surface area is 266 Å². The van der Waals surface area contributed by atoms with Gasteiger partial charge in [0.15, 0.2) is 5.96 Å². The van der Waals surface area contributed by atoms with E-state index >= 15 is 0 Å². The number of sulfonamides is 1. The van der Waals surface area contributed by atoms with E-state index < -0.39 is 57.7 Å². The van der Waals surface area contributed by atoms with Gasteiger partial charge in [0.25, 0.3) is 0 Å². The van der Waals surface area contributed by atoms with E-state index in [9.17, 15) is 32.4 Å². The number of nitrogens with two attached hydrogens (primary N) is 5. The molecule has 0 spiro atoms. The number of rotatable bonds is 19. The number of nitrogens with one attached hydrogen (secondary N) is 3.